The highest BCUT2D eigenvalue weighted by atomic mass is 16.6. The fourth-order valence-electron chi connectivity index (χ4n) is 3.82. The number of nitrogens with zero attached hydrogens (tertiary/aromatic N) is 5. The molecule has 184 valence electrons. The molecule has 33 heavy (non-hydrogen) atoms. The molecule has 0 bridgehead atoms. The van der Waals surface area contributed by atoms with Crippen molar-refractivity contribution < 1.29 is 23.8 Å². The number of aromatic nitrogens is 2. The van der Waals surface area contributed by atoms with Crippen molar-refractivity contribution in [2.75, 3.05) is 65.4 Å². The molecule has 2 aliphatic rings. The summed E-state index contributed by atoms with van der Waals surface area (Å²) in [6.07, 6.45) is 0.247. The zero-order chi connectivity index (χ0) is 24.2. The fraction of sp³-hybridized carbons (Fsp3) is 0.727. The first-order chi connectivity index (χ1) is 15.6. The van der Waals surface area contributed by atoms with Crippen LogP contribution in [0, 0.1) is 0 Å². The molecule has 11 heteroatoms. The minimum atomic E-state index is -0.802. The molecule has 1 fully saturated rings. The van der Waals surface area contributed by atoms with Crippen molar-refractivity contribution in [2.24, 2.45) is 0 Å². The molecule has 3 heterocycles. The number of esters is 1. The third-order valence-corrected chi connectivity index (χ3v) is 5.45. The van der Waals surface area contributed by atoms with Crippen molar-refractivity contribution in [2.45, 2.75) is 45.4 Å². The van der Waals surface area contributed by atoms with Crippen LogP contribution < -0.4 is 15.0 Å². The van der Waals surface area contributed by atoms with Crippen molar-refractivity contribution in [1.29, 1.82) is 0 Å². The van der Waals surface area contributed by atoms with Gasteiger partial charge in [-0.15, -0.1) is 0 Å². The van der Waals surface area contributed by atoms with Gasteiger partial charge >= 0.3 is 18.1 Å². The summed E-state index contributed by atoms with van der Waals surface area (Å²) in [5, 5.41) is 3.34. The first-order valence-electron chi connectivity index (χ1n) is 11.3. The van der Waals surface area contributed by atoms with E-state index in [-0.39, 0.29) is 6.54 Å². The standard InChI is InChI=1S/C22H36N6O5/c1-22(2,3)33-21(30)28-10-9-27(14-17(28)19(29)31-6)18-15-7-8-23-13-16(15)24-20(25-18)32-12-11-26(4)5/h17,23H,7-14H2,1-6H3. The van der Waals surface area contributed by atoms with E-state index in [1.54, 1.807) is 20.8 Å². The SMILES string of the molecule is COC(=O)C1CN(c2nc(OCCN(C)C)nc3c2CCNC3)CCN1C(=O)OC(C)(C)C. The molecule has 0 aliphatic carbocycles. The third-order valence-electron chi connectivity index (χ3n) is 5.45. The van der Waals surface area contributed by atoms with E-state index >= 15 is 0 Å². The molecule has 0 spiro atoms. The van der Waals surface area contributed by atoms with E-state index in [2.05, 4.69) is 10.3 Å². The van der Waals surface area contributed by atoms with E-state index in [0.717, 1.165) is 36.6 Å². The zero-order valence-electron chi connectivity index (χ0n) is 20.5. The molecular weight excluding hydrogens is 428 g/mol. The maximum absolute atomic E-state index is 12.8. The number of amides is 1. The van der Waals surface area contributed by atoms with Gasteiger partial charge in [-0.25, -0.2) is 9.59 Å². The lowest BCUT2D eigenvalue weighted by Crippen LogP contribution is -2.59. The van der Waals surface area contributed by atoms with E-state index in [1.165, 1.54) is 12.0 Å². The Bertz CT molecular complexity index is 856. The second kappa shape index (κ2) is 10.5. The monoisotopic (exact) mass is 464 g/mol. The second-order valence-electron chi connectivity index (χ2n) is 9.49. The average Bonchev–Trinajstić information content (AvgIpc) is 2.76. The summed E-state index contributed by atoms with van der Waals surface area (Å²) in [5.74, 6) is 0.261. The van der Waals surface area contributed by atoms with Crippen LogP contribution in [0.4, 0.5) is 10.6 Å². The molecule has 1 aromatic heterocycles. The number of likely N-dealkylation sites (N-methyl/N-ethyl adjacent to an activating group) is 1. The van der Waals surface area contributed by atoms with Crippen molar-refractivity contribution in [3.63, 3.8) is 0 Å². The molecule has 2 aliphatic heterocycles. The number of rotatable bonds is 6. The lowest BCUT2D eigenvalue weighted by Gasteiger charge is -2.41. The Morgan fingerprint density at radius 2 is 1.97 bits per heavy atom. The normalized spacial score (nSPS) is 18.7. The van der Waals surface area contributed by atoms with Gasteiger partial charge in [0.05, 0.1) is 19.3 Å². The van der Waals surface area contributed by atoms with Gasteiger partial charge in [0.1, 0.15) is 18.0 Å². The van der Waals surface area contributed by atoms with E-state index < -0.39 is 23.7 Å². The number of piperazine rings is 1. The Morgan fingerprint density at radius 1 is 1.21 bits per heavy atom. The van der Waals surface area contributed by atoms with Crippen molar-refractivity contribution in [3.8, 4) is 6.01 Å². The smallest absolute Gasteiger partial charge is 0.411 e. The molecule has 3 rings (SSSR count). The Hall–Kier alpha value is -2.66. The zero-order valence-corrected chi connectivity index (χ0v) is 20.5. The minimum Gasteiger partial charge on any atom is -0.467 e. The van der Waals surface area contributed by atoms with E-state index in [0.29, 0.717) is 32.3 Å². The van der Waals surface area contributed by atoms with Crippen LogP contribution in [0.3, 0.4) is 0 Å². The molecule has 0 radical (unpaired) electrons. The minimum absolute atomic E-state index is 0.250. The van der Waals surface area contributed by atoms with Crippen LogP contribution in [0.25, 0.3) is 0 Å². The van der Waals surface area contributed by atoms with Crippen LogP contribution in [0.1, 0.15) is 32.0 Å². The van der Waals surface area contributed by atoms with Gasteiger partial charge in [-0.1, -0.05) is 0 Å². The molecule has 1 aromatic rings. The van der Waals surface area contributed by atoms with E-state index in [1.807, 2.05) is 23.9 Å². The topological polar surface area (TPSA) is 109 Å². The number of carbonyl (C=O) groups is 2. The molecule has 1 amide bonds. The Balaban J connectivity index is 1.86. The molecular formula is C22H36N6O5. The van der Waals surface area contributed by atoms with Gasteiger partial charge in [0.2, 0.25) is 0 Å². The van der Waals surface area contributed by atoms with E-state index in [9.17, 15) is 9.59 Å². The molecule has 1 atom stereocenters. The number of hydrogen-bond donors (Lipinski definition) is 1. The summed E-state index contributed by atoms with van der Waals surface area (Å²) < 4.78 is 16.4. The third kappa shape index (κ3) is 6.44. The molecule has 0 aromatic carbocycles. The fourth-order valence-corrected chi connectivity index (χ4v) is 3.82. The highest BCUT2D eigenvalue weighted by Gasteiger charge is 2.39. The van der Waals surface area contributed by atoms with Crippen molar-refractivity contribution >= 4 is 17.9 Å². The predicted molar refractivity (Wildman–Crippen MR) is 122 cm³/mol. The van der Waals surface area contributed by atoms with Gasteiger partial charge in [-0.2, -0.15) is 9.97 Å². The summed E-state index contributed by atoms with van der Waals surface area (Å²) in [5.41, 5.74) is 1.28. The maximum atomic E-state index is 12.8. The first kappa shape index (κ1) is 25.0. The number of nitrogens with one attached hydrogen (secondary N) is 1. The molecule has 1 saturated heterocycles. The summed E-state index contributed by atoms with van der Waals surface area (Å²) in [7, 11) is 5.27. The average molecular weight is 465 g/mol. The van der Waals surface area contributed by atoms with Crippen molar-refractivity contribution in [3.05, 3.63) is 11.3 Å². The summed E-state index contributed by atoms with van der Waals surface area (Å²) in [4.78, 5) is 40.2. The highest BCUT2D eigenvalue weighted by molar-refractivity contribution is 5.83. The Labute approximate surface area is 195 Å². The second-order valence-corrected chi connectivity index (χ2v) is 9.49. The molecule has 1 N–H and O–H groups in total. The van der Waals surface area contributed by atoms with Crippen LogP contribution >= 0.6 is 0 Å². The quantitative estimate of drug-likeness (QED) is 0.603. The summed E-state index contributed by atoms with van der Waals surface area (Å²) in [6, 6.07) is -0.484. The molecule has 1 unspecified atom stereocenters. The van der Waals surface area contributed by atoms with Crippen LogP contribution in [0.15, 0.2) is 0 Å². The summed E-state index contributed by atoms with van der Waals surface area (Å²) >= 11 is 0. The number of methoxy groups -OCH3 is 1. The van der Waals surface area contributed by atoms with Crippen molar-refractivity contribution in [1.82, 2.24) is 25.1 Å². The maximum Gasteiger partial charge on any atom is 0.411 e. The predicted octanol–water partition coefficient (Wildman–Crippen LogP) is 0.661. The van der Waals surface area contributed by atoms with Gasteiger partial charge in [-0.3, -0.25) is 4.90 Å². The number of carbonyl (C=O) groups excluding carboxylic acids is 2. The molecule has 0 saturated carbocycles. The van der Waals surface area contributed by atoms with Crippen LogP contribution in [-0.2, 0) is 27.2 Å². The molecule has 11 nitrogen and oxygen atoms in total. The van der Waals surface area contributed by atoms with Crippen LogP contribution in [-0.4, -0.2) is 104 Å². The lowest BCUT2D eigenvalue weighted by molar-refractivity contribution is -0.147. The van der Waals surface area contributed by atoms with Gasteiger partial charge in [0.15, 0.2) is 6.04 Å². The van der Waals surface area contributed by atoms with Gasteiger partial charge in [0.25, 0.3) is 0 Å². The Kier molecular flexibility index (Phi) is 7.96. The Morgan fingerprint density at radius 3 is 2.64 bits per heavy atom. The number of anilines is 1. The van der Waals surface area contributed by atoms with Crippen LogP contribution in [0.2, 0.25) is 0 Å². The summed E-state index contributed by atoms with van der Waals surface area (Å²) in [6.45, 7) is 9.12. The number of ether oxygens (including phenoxy) is 3. The first-order valence-corrected chi connectivity index (χ1v) is 11.3. The number of hydrogen-bond acceptors (Lipinski definition) is 10. The lowest BCUT2D eigenvalue weighted by atomic mass is 10.1. The number of fused-ring (bicyclic) bond motifs is 1. The van der Waals surface area contributed by atoms with Gasteiger partial charge in [0, 0.05) is 31.7 Å². The highest BCUT2D eigenvalue weighted by Crippen LogP contribution is 2.29. The van der Waals surface area contributed by atoms with Gasteiger partial charge < -0.3 is 29.3 Å². The largest absolute Gasteiger partial charge is 0.467 e. The van der Waals surface area contributed by atoms with E-state index in [4.69, 9.17) is 19.2 Å². The van der Waals surface area contributed by atoms with Crippen LogP contribution in [0.5, 0.6) is 6.01 Å². The van der Waals surface area contributed by atoms with Gasteiger partial charge in [-0.05, 0) is 47.8 Å².